The Morgan fingerprint density at radius 3 is 2.75 bits per heavy atom. The van der Waals surface area contributed by atoms with Crippen LogP contribution in [-0.2, 0) is 0 Å². The lowest BCUT2D eigenvalue weighted by atomic mass is 10.2. The molecule has 0 aromatic rings. The number of rotatable bonds is 4. The van der Waals surface area contributed by atoms with Gasteiger partial charge in [-0.3, -0.25) is 11.3 Å². The maximum atomic E-state index is 5.01. The van der Waals surface area contributed by atoms with Gasteiger partial charge >= 0.3 is 0 Å². The van der Waals surface area contributed by atoms with Gasteiger partial charge in [0.2, 0.25) is 0 Å². The van der Waals surface area contributed by atoms with Gasteiger partial charge in [0.05, 0.1) is 0 Å². The predicted molar refractivity (Wildman–Crippen MR) is 36.1 cm³/mol. The molecular weight excluding hydrogens is 100 g/mol. The molecule has 2 heteroatoms. The zero-order chi connectivity index (χ0) is 6.41. The van der Waals surface area contributed by atoms with Crippen molar-refractivity contribution in [2.75, 3.05) is 6.54 Å². The van der Waals surface area contributed by atoms with E-state index >= 15 is 0 Å². The SMILES string of the molecule is C=CC(=C)CCNN. The molecule has 8 heavy (non-hydrogen) atoms. The van der Waals surface area contributed by atoms with Crippen LogP contribution in [0.1, 0.15) is 6.42 Å². The molecule has 0 aliphatic carbocycles. The molecule has 0 aliphatic rings. The normalized spacial score (nSPS) is 8.62. The van der Waals surface area contributed by atoms with Crippen LogP contribution in [0.4, 0.5) is 0 Å². The maximum Gasteiger partial charge on any atom is 0.0138 e. The van der Waals surface area contributed by atoms with Gasteiger partial charge in [0.1, 0.15) is 0 Å². The summed E-state index contributed by atoms with van der Waals surface area (Å²) < 4.78 is 0. The van der Waals surface area contributed by atoms with Crippen molar-refractivity contribution < 1.29 is 0 Å². The number of hydrogen-bond acceptors (Lipinski definition) is 2. The lowest BCUT2D eigenvalue weighted by molar-refractivity contribution is 0.731. The molecular formula is C6H12N2. The van der Waals surface area contributed by atoms with Crippen LogP contribution in [0.25, 0.3) is 0 Å². The Balaban J connectivity index is 3.11. The highest BCUT2D eigenvalue weighted by atomic mass is 15.2. The molecule has 0 spiro atoms. The van der Waals surface area contributed by atoms with Gasteiger partial charge in [-0.2, -0.15) is 0 Å². The summed E-state index contributed by atoms with van der Waals surface area (Å²) in [6.07, 6.45) is 2.61. The maximum absolute atomic E-state index is 5.01. The molecule has 0 atom stereocenters. The van der Waals surface area contributed by atoms with E-state index in [2.05, 4.69) is 18.6 Å². The summed E-state index contributed by atoms with van der Waals surface area (Å²) in [5.74, 6) is 5.01. The van der Waals surface area contributed by atoms with Gasteiger partial charge in [-0.25, -0.2) is 0 Å². The summed E-state index contributed by atoms with van der Waals surface area (Å²) >= 11 is 0. The molecule has 0 saturated heterocycles. The molecule has 0 radical (unpaired) electrons. The summed E-state index contributed by atoms with van der Waals surface area (Å²) in [6, 6.07) is 0. The first kappa shape index (κ1) is 7.40. The van der Waals surface area contributed by atoms with Gasteiger partial charge in [-0.05, 0) is 6.42 Å². The predicted octanol–water partition coefficient (Wildman–Crippen LogP) is 0.582. The molecule has 0 aromatic carbocycles. The van der Waals surface area contributed by atoms with Crippen molar-refractivity contribution in [1.29, 1.82) is 0 Å². The molecule has 0 bridgehead atoms. The first-order valence-corrected chi connectivity index (χ1v) is 2.55. The van der Waals surface area contributed by atoms with Crippen LogP contribution >= 0.6 is 0 Å². The minimum atomic E-state index is 0.769. The van der Waals surface area contributed by atoms with Crippen LogP contribution in [0.2, 0.25) is 0 Å². The van der Waals surface area contributed by atoms with E-state index in [0.29, 0.717) is 0 Å². The molecule has 46 valence electrons. The molecule has 0 amide bonds. The third-order valence-electron chi connectivity index (χ3n) is 0.879. The summed E-state index contributed by atoms with van der Waals surface area (Å²) in [5, 5.41) is 0. The minimum absolute atomic E-state index is 0.769. The fraction of sp³-hybridized carbons (Fsp3) is 0.333. The first-order chi connectivity index (χ1) is 3.81. The van der Waals surface area contributed by atoms with Crippen molar-refractivity contribution in [3.8, 4) is 0 Å². The average Bonchev–Trinajstić information content (AvgIpc) is 1.83. The quantitative estimate of drug-likeness (QED) is 0.317. The molecule has 2 nitrogen and oxygen atoms in total. The van der Waals surface area contributed by atoms with Gasteiger partial charge in [0, 0.05) is 6.54 Å². The van der Waals surface area contributed by atoms with Crippen molar-refractivity contribution in [2.24, 2.45) is 5.84 Å². The highest BCUT2D eigenvalue weighted by Gasteiger charge is 1.83. The Morgan fingerprint density at radius 2 is 2.38 bits per heavy atom. The van der Waals surface area contributed by atoms with Crippen LogP contribution in [-0.4, -0.2) is 6.54 Å². The van der Waals surface area contributed by atoms with Crippen molar-refractivity contribution in [2.45, 2.75) is 6.42 Å². The minimum Gasteiger partial charge on any atom is -0.271 e. The second-order valence-electron chi connectivity index (χ2n) is 1.57. The van der Waals surface area contributed by atoms with Gasteiger partial charge in [-0.1, -0.05) is 24.8 Å². The van der Waals surface area contributed by atoms with Crippen molar-refractivity contribution in [1.82, 2.24) is 5.43 Å². The van der Waals surface area contributed by atoms with E-state index in [4.69, 9.17) is 5.84 Å². The number of nitrogens with two attached hydrogens (primary N) is 1. The Kier molecular flexibility index (Phi) is 4.21. The fourth-order valence-electron chi connectivity index (χ4n) is 0.335. The molecule has 0 aliphatic heterocycles. The molecule has 0 heterocycles. The largest absolute Gasteiger partial charge is 0.271 e. The third kappa shape index (κ3) is 3.59. The van der Waals surface area contributed by atoms with E-state index in [9.17, 15) is 0 Å². The summed E-state index contributed by atoms with van der Waals surface area (Å²) in [5.41, 5.74) is 3.54. The Morgan fingerprint density at radius 1 is 1.75 bits per heavy atom. The monoisotopic (exact) mass is 112 g/mol. The Hall–Kier alpha value is -0.600. The van der Waals surface area contributed by atoms with E-state index in [0.717, 1.165) is 18.5 Å². The van der Waals surface area contributed by atoms with E-state index in [1.807, 2.05) is 0 Å². The fourth-order valence-corrected chi connectivity index (χ4v) is 0.335. The average molecular weight is 112 g/mol. The van der Waals surface area contributed by atoms with Crippen molar-refractivity contribution >= 4 is 0 Å². The second-order valence-corrected chi connectivity index (χ2v) is 1.57. The zero-order valence-corrected chi connectivity index (χ0v) is 4.98. The number of hydrazine groups is 1. The van der Waals surface area contributed by atoms with Gasteiger partial charge in [0.25, 0.3) is 0 Å². The van der Waals surface area contributed by atoms with Gasteiger partial charge in [0.15, 0.2) is 0 Å². The van der Waals surface area contributed by atoms with Crippen LogP contribution in [0.5, 0.6) is 0 Å². The lowest BCUT2D eigenvalue weighted by Gasteiger charge is -1.95. The summed E-state index contributed by atoms with van der Waals surface area (Å²) in [6.45, 7) is 8.01. The van der Waals surface area contributed by atoms with Crippen LogP contribution < -0.4 is 11.3 Å². The van der Waals surface area contributed by atoms with E-state index in [1.54, 1.807) is 6.08 Å². The van der Waals surface area contributed by atoms with Crippen molar-refractivity contribution in [3.63, 3.8) is 0 Å². The highest BCUT2D eigenvalue weighted by molar-refractivity contribution is 5.10. The van der Waals surface area contributed by atoms with Crippen molar-refractivity contribution in [3.05, 3.63) is 24.8 Å². The van der Waals surface area contributed by atoms with Crippen LogP contribution in [0.15, 0.2) is 24.8 Å². The standard InChI is InChI=1S/C6H12N2/c1-3-6(2)4-5-8-7/h3,8H,1-2,4-5,7H2. The van der Waals surface area contributed by atoms with E-state index in [1.165, 1.54) is 0 Å². The molecule has 0 fully saturated rings. The number of allylic oxidation sites excluding steroid dienone is 1. The summed E-state index contributed by atoms with van der Waals surface area (Å²) in [4.78, 5) is 0. The molecule has 0 aromatic heterocycles. The van der Waals surface area contributed by atoms with Crippen LogP contribution in [0, 0.1) is 0 Å². The Labute approximate surface area is 50.0 Å². The van der Waals surface area contributed by atoms with Crippen LogP contribution in [0.3, 0.4) is 0 Å². The zero-order valence-electron chi connectivity index (χ0n) is 4.98. The first-order valence-electron chi connectivity index (χ1n) is 2.55. The topological polar surface area (TPSA) is 38.0 Å². The molecule has 0 unspecified atom stereocenters. The lowest BCUT2D eigenvalue weighted by Crippen LogP contribution is -2.22. The van der Waals surface area contributed by atoms with E-state index < -0.39 is 0 Å². The number of nitrogens with one attached hydrogen (secondary N) is 1. The Bertz CT molecular complexity index is 86.5. The van der Waals surface area contributed by atoms with Gasteiger partial charge < -0.3 is 0 Å². The number of hydrogen-bond donors (Lipinski definition) is 2. The van der Waals surface area contributed by atoms with Gasteiger partial charge in [-0.15, -0.1) is 0 Å². The third-order valence-corrected chi connectivity index (χ3v) is 0.879. The smallest absolute Gasteiger partial charge is 0.0138 e. The van der Waals surface area contributed by atoms with E-state index in [-0.39, 0.29) is 0 Å². The second kappa shape index (κ2) is 4.56. The highest BCUT2D eigenvalue weighted by Crippen LogP contribution is 1.94. The molecule has 0 rings (SSSR count). The summed E-state index contributed by atoms with van der Waals surface area (Å²) in [7, 11) is 0. The molecule has 3 N–H and O–H groups in total. The molecule has 0 saturated carbocycles.